The Balaban J connectivity index is 1.12. The first-order valence-corrected chi connectivity index (χ1v) is 27.8. The number of hydrogen-bond donors (Lipinski definition) is 3. The van der Waals surface area contributed by atoms with E-state index in [4.69, 9.17) is 29.0 Å². The molecule has 10 heteroatoms. The number of aryl methyl sites for hydroxylation is 2. The van der Waals surface area contributed by atoms with Gasteiger partial charge in [0.25, 0.3) is 0 Å². The van der Waals surface area contributed by atoms with E-state index in [2.05, 4.69) is 107 Å². The molecule has 0 spiro atoms. The number of thiazole rings is 1. The average Bonchev–Trinajstić information content (AvgIpc) is 4.18. The zero-order valence-electron chi connectivity index (χ0n) is 42.6. The molecule has 4 aliphatic rings. The van der Waals surface area contributed by atoms with E-state index in [0.717, 1.165) is 87.9 Å². The molecule has 0 radical (unpaired) electrons. The van der Waals surface area contributed by atoms with Crippen LogP contribution in [0.25, 0.3) is 33.4 Å². The van der Waals surface area contributed by atoms with Gasteiger partial charge in [-0.25, -0.2) is 4.98 Å². The third-order valence-corrected chi connectivity index (χ3v) is 17.3. The molecule has 4 aromatic rings. The number of benzene rings is 1. The van der Waals surface area contributed by atoms with Crippen molar-refractivity contribution < 1.29 is 0 Å². The van der Waals surface area contributed by atoms with Crippen LogP contribution >= 0.6 is 11.3 Å². The number of hydrazine groups is 1. The summed E-state index contributed by atoms with van der Waals surface area (Å²) < 4.78 is 2.60. The van der Waals surface area contributed by atoms with Crippen molar-refractivity contribution in [2.45, 2.75) is 175 Å². The minimum absolute atomic E-state index is 0.0745. The Kier molecular flexibility index (Phi) is 17.1. The van der Waals surface area contributed by atoms with E-state index in [0.29, 0.717) is 18.0 Å². The van der Waals surface area contributed by atoms with Crippen LogP contribution in [-0.4, -0.2) is 88.3 Å². The fourth-order valence-corrected chi connectivity index (χ4v) is 13.6. The molecule has 366 valence electrons. The molecule has 1 aliphatic carbocycles. The number of hydrogen-bond acceptors (Lipinski definition) is 9. The van der Waals surface area contributed by atoms with Crippen molar-refractivity contribution >= 4 is 27.9 Å². The fourth-order valence-electron chi connectivity index (χ4n) is 12.8. The summed E-state index contributed by atoms with van der Waals surface area (Å²) in [6, 6.07) is 10.8. The van der Waals surface area contributed by atoms with E-state index in [1.54, 1.807) is 11.3 Å². The molecule has 0 bridgehead atoms. The zero-order chi connectivity index (χ0) is 47.1. The molecule has 4 fully saturated rings. The molecular weight excluding hydrogens is 843 g/mol. The number of piperidine rings is 1. The summed E-state index contributed by atoms with van der Waals surface area (Å²) >= 11 is 1.79. The van der Waals surface area contributed by atoms with Crippen LogP contribution in [0.4, 0.5) is 5.69 Å². The maximum absolute atomic E-state index is 5.66. The van der Waals surface area contributed by atoms with Gasteiger partial charge in [0, 0.05) is 90.5 Å². The van der Waals surface area contributed by atoms with Gasteiger partial charge in [-0.3, -0.25) is 26.1 Å². The third-order valence-electron chi connectivity index (χ3n) is 16.5. The van der Waals surface area contributed by atoms with E-state index >= 15 is 0 Å². The lowest BCUT2D eigenvalue weighted by Gasteiger charge is -2.44. The van der Waals surface area contributed by atoms with E-state index in [9.17, 15) is 0 Å². The van der Waals surface area contributed by atoms with E-state index < -0.39 is 0 Å². The van der Waals surface area contributed by atoms with Crippen molar-refractivity contribution in [3.63, 3.8) is 0 Å². The molecule has 1 aromatic carbocycles. The van der Waals surface area contributed by atoms with E-state index in [-0.39, 0.29) is 11.5 Å². The number of fused-ring (bicyclic) bond motifs is 2. The van der Waals surface area contributed by atoms with Gasteiger partial charge in [-0.2, -0.15) is 0 Å². The van der Waals surface area contributed by atoms with E-state index in [1.165, 1.54) is 146 Å². The van der Waals surface area contributed by atoms with Crippen LogP contribution in [0.5, 0.6) is 0 Å². The first-order chi connectivity index (χ1) is 32.5. The molecule has 9 nitrogen and oxygen atoms in total. The van der Waals surface area contributed by atoms with Crippen molar-refractivity contribution in [1.29, 1.82) is 0 Å². The first-order valence-electron chi connectivity index (χ1n) is 26.9. The molecule has 4 atom stereocenters. The summed E-state index contributed by atoms with van der Waals surface area (Å²) in [7, 11) is 0. The Morgan fingerprint density at radius 3 is 2.52 bits per heavy atom. The second kappa shape index (κ2) is 22.9. The number of rotatable bonds is 23. The minimum Gasteiger partial charge on any atom is -0.381 e. The predicted molar refractivity (Wildman–Crippen MR) is 286 cm³/mol. The van der Waals surface area contributed by atoms with E-state index in [1.807, 2.05) is 0 Å². The first kappa shape index (κ1) is 49.9. The molecule has 3 aliphatic heterocycles. The highest BCUT2D eigenvalue weighted by Crippen LogP contribution is 2.43. The standard InChI is InChI=1S/C57H87N9S/c1-9-26-57(7,8)35-49-47-32-44(23-24-53(47)66(12-4)56(49)48-33-46(36-59-50(48)11-3)64-31-30-63-28-18-16-22-45(63)38-64)52-39-67-54(62-52)34-51(40(5)19-15-17-27-60-58)61-41(6)55(43-20-13-14-21-43)65-29-25-42(10-2)37-65/h23-24,32-33,36,39,42-43,45,51,55,60-61H,5-6,9-22,25-31,34-35,37-38,58H2,1-4,7-8H3. The monoisotopic (exact) mass is 930 g/mol. The van der Waals surface area contributed by atoms with Gasteiger partial charge < -0.3 is 14.8 Å². The van der Waals surface area contributed by atoms with Gasteiger partial charge in [-0.1, -0.05) is 91.5 Å². The maximum atomic E-state index is 5.66. The number of anilines is 1. The normalized spacial score (nSPS) is 20.7. The molecule has 6 heterocycles. The Morgan fingerprint density at radius 2 is 1.78 bits per heavy atom. The molecule has 8 rings (SSSR count). The summed E-state index contributed by atoms with van der Waals surface area (Å²) in [5, 5.41) is 8.86. The molecule has 1 saturated carbocycles. The number of unbranched alkanes of at least 4 members (excludes halogenated alkanes) is 1. The van der Waals surface area contributed by atoms with Gasteiger partial charge in [0.05, 0.1) is 40.4 Å². The smallest absolute Gasteiger partial charge is 0.0956 e. The molecule has 4 unspecified atom stereocenters. The maximum Gasteiger partial charge on any atom is 0.0956 e. The molecule has 0 amide bonds. The van der Waals surface area contributed by atoms with Crippen molar-refractivity contribution in [3.05, 3.63) is 76.5 Å². The molecular formula is C57H87N9S. The van der Waals surface area contributed by atoms with Crippen LogP contribution < -0.4 is 21.5 Å². The highest BCUT2D eigenvalue weighted by atomic mass is 32.1. The molecule has 67 heavy (non-hydrogen) atoms. The van der Waals surface area contributed by atoms with Gasteiger partial charge in [0.1, 0.15) is 0 Å². The highest BCUT2D eigenvalue weighted by Gasteiger charge is 2.37. The Hall–Kier alpha value is -3.54. The van der Waals surface area contributed by atoms with Crippen LogP contribution in [0.1, 0.15) is 148 Å². The van der Waals surface area contributed by atoms with Crippen molar-refractivity contribution in [3.8, 4) is 22.5 Å². The molecule has 3 aromatic heterocycles. The van der Waals surface area contributed by atoms with Gasteiger partial charge in [0.15, 0.2) is 0 Å². The van der Waals surface area contributed by atoms with Crippen LogP contribution in [-0.2, 0) is 25.8 Å². The van der Waals surface area contributed by atoms with Crippen molar-refractivity contribution in [1.82, 2.24) is 35.1 Å². The summed E-state index contributed by atoms with van der Waals surface area (Å²) in [5.41, 5.74) is 15.6. The Labute approximate surface area is 409 Å². The average molecular weight is 930 g/mol. The summed E-state index contributed by atoms with van der Waals surface area (Å²) in [6.07, 6.45) is 22.1. The molecule has 3 saturated heterocycles. The fraction of sp³-hybridized carbons (Fsp3) is 0.649. The second-order valence-electron chi connectivity index (χ2n) is 21.7. The van der Waals surface area contributed by atoms with Crippen LogP contribution in [0.3, 0.4) is 0 Å². The number of piperazine rings is 1. The lowest BCUT2D eigenvalue weighted by molar-refractivity contribution is 0.133. The number of nitrogens with two attached hydrogens (primary N) is 1. The zero-order valence-corrected chi connectivity index (χ0v) is 43.4. The van der Waals surface area contributed by atoms with Gasteiger partial charge in [-0.05, 0) is 132 Å². The third kappa shape index (κ3) is 11.6. The largest absolute Gasteiger partial charge is 0.381 e. The second-order valence-corrected chi connectivity index (χ2v) is 22.7. The summed E-state index contributed by atoms with van der Waals surface area (Å²) in [6.45, 7) is 32.5. The topological polar surface area (TPSA) is 90.5 Å². The van der Waals surface area contributed by atoms with Crippen LogP contribution in [0.2, 0.25) is 0 Å². The number of pyridine rings is 1. The number of likely N-dealkylation sites (tertiary alicyclic amines) is 1. The number of nitrogens with zero attached hydrogens (tertiary/aromatic N) is 6. The van der Waals surface area contributed by atoms with Gasteiger partial charge in [0.2, 0.25) is 0 Å². The highest BCUT2D eigenvalue weighted by molar-refractivity contribution is 7.10. The van der Waals surface area contributed by atoms with Crippen molar-refractivity contribution in [2.75, 3.05) is 50.7 Å². The number of nitrogens with one attached hydrogen (secondary N) is 2. The number of aromatic nitrogens is 3. The lowest BCUT2D eigenvalue weighted by atomic mass is 9.80. The summed E-state index contributed by atoms with van der Waals surface area (Å²) in [5.74, 6) is 7.13. The Bertz CT molecular complexity index is 2270. The minimum atomic E-state index is 0.0745. The van der Waals surface area contributed by atoms with Gasteiger partial charge >= 0.3 is 0 Å². The Morgan fingerprint density at radius 1 is 0.955 bits per heavy atom. The lowest BCUT2D eigenvalue weighted by Crippen LogP contribution is -2.54. The van der Waals surface area contributed by atoms with Crippen LogP contribution in [0.15, 0.2) is 60.3 Å². The predicted octanol–water partition coefficient (Wildman–Crippen LogP) is 11.9. The summed E-state index contributed by atoms with van der Waals surface area (Å²) in [4.78, 5) is 18.9. The quantitative estimate of drug-likeness (QED) is 0.0293. The molecule has 4 N–H and O–H groups in total. The van der Waals surface area contributed by atoms with Gasteiger partial charge in [-0.15, -0.1) is 11.3 Å². The van der Waals surface area contributed by atoms with Crippen molar-refractivity contribution in [2.24, 2.45) is 23.1 Å². The van der Waals surface area contributed by atoms with Crippen LogP contribution in [0, 0.1) is 17.3 Å². The SMILES string of the molecule is C=C(CCCCNN)C(Cc1nc(-c2ccc3c(c2)c(CC(C)(C)CCC)c(-c2cc(N4CCN5CCCCC5C4)cnc2CC)n3CC)cs1)NC(=C)C(C1CCCC1)N1CCC(CC)C1.